The first-order valence-electron chi connectivity index (χ1n) is 8.29. The van der Waals surface area contributed by atoms with E-state index >= 15 is 0 Å². The van der Waals surface area contributed by atoms with Crippen LogP contribution in [0.4, 0.5) is 0 Å². The highest BCUT2D eigenvalue weighted by Gasteiger charge is 2.12. The largest absolute Gasteiger partial charge is 0.462 e. The van der Waals surface area contributed by atoms with E-state index in [0.717, 1.165) is 21.7 Å². The molecular weight excluding hydrogens is 336 g/mol. The van der Waals surface area contributed by atoms with Gasteiger partial charge in [0.2, 0.25) is 0 Å². The first-order valence-corrected chi connectivity index (χ1v) is 9.11. The molecule has 0 bridgehead atoms. The van der Waals surface area contributed by atoms with Crippen molar-refractivity contribution in [3.63, 3.8) is 0 Å². The van der Waals surface area contributed by atoms with Crippen molar-refractivity contribution in [2.75, 3.05) is 6.61 Å². The van der Waals surface area contributed by atoms with Gasteiger partial charge in [0.1, 0.15) is 10.7 Å². The van der Waals surface area contributed by atoms with E-state index in [0.29, 0.717) is 29.9 Å². The monoisotopic (exact) mass is 356 g/mol. The summed E-state index contributed by atoms with van der Waals surface area (Å²) in [6, 6.07) is 9.06. The Hall–Kier alpha value is -2.47. The van der Waals surface area contributed by atoms with Gasteiger partial charge in [-0.1, -0.05) is 19.1 Å². The summed E-state index contributed by atoms with van der Waals surface area (Å²) in [5.74, 6) is 0.354. The lowest BCUT2D eigenvalue weighted by Gasteiger charge is -2.10. The predicted octanol–water partition coefficient (Wildman–Crippen LogP) is 3.55. The molecule has 0 aliphatic rings. The number of carbonyl (C=O) groups is 1. The quantitative estimate of drug-likeness (QED) is 0.656. The third-order valence-corrected chi connectivity index (χ3v) is 5.22. The fourth-order valence-electron chi connectivity index (χ4n) is 2.67. The second-order valence-corrected chi connectivity index (χ2v) is 6.87. The lowest BCUT2D eigenvalue weighted by molar-refractivity contribution is 0.0526. The number of thiophene rings is 1. The van der Waals surface area contributed by atoms with Gasteiger partial charge in [-0.25, -0.2) is 9.78 Å². The van der Waals surface area contributed by atoms with Crippen LogP contribution < -0.4 is 5.56 Å². The normalized spacial score (nSPS) is 11.0. The fraction of sp³-hybridized carbons (Fsp3) is 0.316. The molecule has 25 heavy (non-hydrogen) atoms. The number of aryl methyl sites for hydroxylation is 2. The van der Waals surface area contributed by atoms with Crippen molar-refractivity contribution in [3.8, 4) is 0 Å². The third-order valence-electron chi connectivity index (χ3n) is 4.05. The van der Waals surface area contributed by atoms with Gasteiger partial charge in [0.15, 0.2) is 0 Å². The number of aromatic nitrogens is 2. The number of carbonyl (C=O) groups excluding carboxylic acids is 1. The maximum Gasteiger partial charge on any atom is 0.338 e. The lowest BCUT2D eigenvalue weighted by Crippen LogP contribution is -2.23. The summed E-state index contributed by atoms with van der Waals surface area (Å²) < 4.78 is 6.66. The highest BCUT2D eigenvalue weighted by molar-refractivity contribution is 7.18. The van der Waals surface area contributed by atoms with Gasteiger partial charge >= 0.3 is 5.97 Å². The summed E-state index contributed by atoms with van der Waals surface area (Å²) >= 11 is 1.57. The van der Waals surface area contributed by atoms with Crippen LogP contribution in [0.15, 0.2) is 35.1 Å². The maximum absolute atomic E-state index is 12.8. The van der Waals surface area contributed by atoms with Gasteiger partial charge in [-0.3, -0.25) is 9.36 Å². The molecule has 2 heterocycles. The lowest BCUT2D eigenvalue weighted by atomic mass is 10.1. The molecule has 0 unspecified atom stereocenters. The molecule has 0 N–H and O–H groups in total. The molecule has 0 fully saturated rings. The average molecular weight is 356 g/mol. The van der Waals surface area contributed by atoms with E-state index in [-0.39, 0.29) is 11.5 Å². The molecule has 0 spiro atoms. The minimum atomic E-state index is -0.337. The Morgan fingerprint density at radius 3 is 2.60 bits per heavy atom. The van der Waals surface area contributed by atoms with Gasteiger partial charge in [-0.2, -0.15) is 0 Å². The van der Waals surface area contributed by atoms with Crippen LogP contribution in [-0.2, 0) is 17.7 Å². The van der Waals surface area contributed by atoms with Crippen molar-refractivity contribution < 1.29 is 9.53 Å². The van der Waals surface area contributed by atoms with Gasteiger partial charge in [-0.05, 0) is 44.0 Å². The van der Waals surface area contributed by atoms with Crippen LogP contribution in [0.3, 0.4) is 0 Å². The van der Waals surface area contributed by atoms with E-state index in [1.165, 1.54) is 0 Å². The van der Waals surface area contributed by atoms with E-state index in [2.05, 4.69) is 11.9 Å². The van der Waals surface area contributed by atoms with E-state index in [4.69, 9.17) is 4.74 Å². The van der Waals surface area contributed by atoms with Crippen LogP contribution in [0.5, 0.6) is 0 Å². The highest BCUT2D eigenvalue weighted by atomic mass is 32.1. The Bertz CT molecular complexity index is 971. The van der Waals surface area contributed by atoms with Gasteiger partial charge in [0, 0.05) is 4.88 Å². The van der Waals surface area contributed by atoms with Gasteiger partial charge in [0.25, 0.3) is 5.56 Å². The first-order chi connectivity index (χ1) is 12.0. The van der Waals surface area contributed by atoms with E-state index in [9.17, 15) is 9.59 Å². The predicted molar refractivity (Wildman–Crippen MR) is 99.5 cm³/mol. The molecule has 0 atom stereocenters. The summed E-state index contributed by atoms with van der Waals surface area (Å²) in [6.07, 6.45) is 0.898. The summed E-state index contributed by atoms with van der Waals surface area (Å²) in [5.41, 5.74) is 1.42. The number of ether oxygens (including phenoxy) is 1. The zero-order chi connectivity index (χ0) is 18.0. The molecule has 0 aliphatic heterocycles. The minimum absolute atomic E-state index is 0.0204. The summed E-state index contributed by atoms with van der Waals surface area (Å²) in [7, 11) is 0. The number of hydrogen-bond acceptors (Lipinski definition) is 5. The molecule has 130 valence electrons. The van der Waals surface area contributed by atoms with Crippen LogP contribution in [0.1, 0.15) is 40.5 Å². The number of rotatable bonds is 5. The summed E-state index contributed by atoms with van der Waals surface area (Å²) in [4.78, 5) is 31.1. The Labute approximate surface area is 149 Å². The second-order valence-electron chi connectivity index (χ2n) is 5.75. The first kappa shape index (κ1) is 17.4. The van der Waals surface area contributed by atoms with Crippen molar-refractivity contribution in [1.82, 2.24) is 9.55 Å². The Morgan fingerprint density at radius 2 is 1.96 bits per heavy atom. The molecule has 2 aromatic heterocycles. The van der Waals surface area contributed by atoms with Crippen LogP contribution in [-0.4, -0.2) is 22.1 Å². The molecule has 5 nitrogen and oxygen atoms in total. The van der Waals surface area contributed by atoms with Crippen LogP contribution in [0.25, 0.3) is 10.2 Å². The molecule has 0 amide bonds. The standard InChI is InChI=1S/C19H20N2O3S/c1-4-15-10-16-17(25-15)20-12(3)21(18(16)22)11-13-6-8-14(9-7-13)19(23)24-5-2/h6-10H,4-5,11H2,1-3H3. The summed E-state index contributed by atoms with van der Waals surface area (Å²) in [6.45, 7) is 6.47. The number of hydrogen-bond donors (Lipinski definition) is 0. The summed E-state index contributed by atoms with van der Waals surface area (Å²) in [5, 5.41) is 0.676. The number of fused-ring (bicyclic) bond motifs is 1. The van der Waals surface area contributed by atoms with Crippen molar-refractivity contribution in [2.45, 2.75) is 33.7 Å². The number of nitrogens with zero attached hydrogens (tertiary/aromatic N) is 2. The Kier molecular flexibility index (Phi) is 4.99. The molecule has 6 heteroatoms. The molecule has 0 aliphatic carbocycles. The van der Waals surface area contributed by atoms with Crippen molar-refractivity contribution >= 4 is 27.5 Å². The molecule has 0 saturated carbocycles. The minimum Gasteiger partial charge on any atom is -0.462 e. The third kappa shape index (κ3) is 3.49. The smallest absolute Gasteiger partial charge is 0.338 e. The fourth-order valence-corrected chi connectivity index (χ4v) is 3.67. The Balaban J connectivity index is 1.92. The molecule has 3 rings (SSSR count). The SMILES string of the molecule is CCOC(=O)c1ccc(Cn2c(C)nc3sc(CC)cc3c2=O)cc1. The molecule has 3 aromatic rings. The molecule has 0 saturated heterocycles. The van der Waals surface area contributed by atoms with Gasteiger partial charge in [-0.15, -0.1) is 11.3 Å². The van der Waals surface area contributed by atoms with Gasteiger partial charge in [0.05, 0.1) is 24.1 Å². The second kappa shape index (κ2) is 7.19. The van der Waals surface area contributed by atoms with Gasteiger partial charge < -0.3 is 4.74 Å². The van der Waals surface area contributed by atoms with Crippen molar-refractivity contribution in [1.29, 1.82) is 0 Å². The van der Waals surface area contributed by atoms with Crippen molar-refractivity contribution in [2.24, 2.45) is 0 Å². The molecule has 0 radical (unpaired) electrons. The van der Waals surface area contributed by atoms with Crippen LogP contribution in [0, 0.1) is 6.92 Å². The number of benzene rings is 1. The highest BCUT2D eigenvalue weighted by Crippen LogP contribution is 2.22. The molecular formula is C19H20N2O3S. The van der Waals surface area contributed by atoms with E-state index in [1.807, 2.05) is 25.1 Å². The maximum atomic E-state index is 12.8. The van der Waals surface area contributed by atoms with Crippen LogP contribution in [0.2, 0.25) is 0 Å². The zero-order valence-electron chi connectivity index (χ0n) is 14.5. The number of esters is 1. The zero-order valence-corrected chi connectivity index (χ0v) is 15.4. The van der Waals surface area contributed by atoms with E-state index in [1.54, 1.807) is 35.0 Å². The topological polar surface area (TPSA) is 61.2 Å². The van der Waals surface area contributed by atoms with Crippen LogP contribution >= 0.6 is 11.3 Å². The molecule has 1 aromatic carbocycles. The van der Waals surface area contributed by atoms with E-state index < -0.39 is 0 Å². The average Bonchev–Trinajstić information content (AvgIpc) is 3.02. The van der Waals surface area contributed by atoms with Crippen molar-refractivity contribution in [3.05, 3.63) is 62.5 Å². The Morgan fingerprint density at radius 1 is 1.24 bits per heavy atom.